The van der Waals surface area contributed by atoms with Gasteiger partial charge in [-0.3, -0.25) is 9.80 Å². The Bertz CT molecular complexity index is 216. The molecule has 1 saturated heterocycles. The van der Waals surface area contributed by atoms with Gasteiger partial charge < -0.3 is 5.11 Å². The number of amides is 1. The number of carbonyl (C=O) groups is 1. The largest absolute Gasteiger partial charge is 0.396 e. The van der Waals surface area contributed by atoms with Gasteiger partial charge in [0, 0.05) is 38.6 Å². The van der Waals surface area contributed by atoms with Crippen LogP contribution in [-0.4, -0.2) is 47.8 Å². The summed E-state index contributed by atoms with van der Waals surface area (Å²) in [6.07, 6.45) is 1.57. The molecule has 4 nitrogen and oxygen atoms in total. The Hall–Kier alpha value is -0.610. The van der Waals surface area contributed by atoms with Gasteiger partial charge in [-0.25, -0.2) is 5.01 Å². The van der Waals surface area contributed by atoms with E-state index in [4.69, 9.17) is 5.11 Å². The summed E-state index contributed by atoms with van der Waals surface area (Å²) in [5.74, 6) is 0.171. The smallest absolute Gasteiger partial charge is 0.236 e. The number of aliphatic hydroxyl groups is 1. The quantitative estimate of drug-likeness (QED) is 0.720. The highest BCUT2D eigenvalue weighted by atomic mass is 16.3. The van der Waals surface area contributed by atoms with Gasteiger partial charge in [-0.15, -0.1) is 0 Å². The highest BCUT2D eigenvalue weighted by Gasteiger charge is 2.28. The van der Waals surface area contributed by atoms with Crippen molar-refractivity contribution in [2.24, 2.45) is 5.41 Å². The van der Waals surface area contributed by atoms with Gasteiger partial charge in [-0.1, -0.05) is 13.8 Å². The molecule has 1 rings (SSSR count). The van der Waals surface area contributed by atoms with Gasteiger partial charge in [0.1, 0.15) is 0 Å². The zero-order chi connectivity index (χ0) is 10.8. The maximum atomic E-state index is 11.4. The van der Waals surface area contributed by atoms with E-state index in [2.05, 4.69) is 0 Å². The summed E-state index contributed by atoms with van der Waals surface area (Å²) in [4.78, 5) is 11.4. The van der Waals surface area contributed by atoms with Gasteiger partial charge in [0.15, 0.2) is 0 Å². The molecule has 1 aliphatic heterocycles. The molecule has 0 bridgehead atoms. The van der Waals surface area contributed by atoms with E-state index in [-0.39, 0.29) is 17.9 Å². The molecule has 1 fully saturated rings. The van der Waals surface area contributed by atoms with Crippen LogP contribution >= 0.6 is 0 Å². The molecule has 0 aliphatic carbocycles. The lowest BCUT2D eigenvalue weighted by molar-refractivity contribution is -0.154. The molecule has 1 N–H and O–H groups in total. The Labute approximate surface area is 85.5 Å². The van der Waals surface area contributed by atoms with E-state index < -0.39 is 0 Å². The molecule has 0 unspecified atom stereocenters. The number of hydrazine groups is 1. The third-order valence-corrected chi connectivity index (χ3v) is 2.63. The molecule has 82 valence electrons. The van der Waals surface area contributed by atoms with Crippen molar-refractivity contribution in [1.29, 1.82) is 0 Å². The molecule has 0 atom stereocenters. The molecule has 0 aromatic heterocycles. The minimum atomic E-state index is -0.147. The number of nitrogens with zero attached hydrogens (tertiary/aromatic N) is 2. The van der Waals surface area contributed by atoms with Crippen LogP contribution in [0.5, 0.6) is 0 Å². The third-order valence-electron chi connectivity index (χ3n) is 2.63. The minimum absolute atomic E-state index is 0.144. The summed E-state index contributed by atoms with van der Waals surface area (Å²) < 4.78 is 0. The molecule has 1 amide bonds. The summed E-state index contributed by atoms with van der Waals surface area (Å²) in [6, 6.07) is 0. The summed E-state index contributed by atoms with van der Waals surface area (Å²) in [5.41, 5.74) is -0.147. The first kappa shape index (κ1) is 11.5. The van der Waals surface area contributed by atoms with Crippen LogP contribution in [0.3, 0.4) is 0 Å². The first-order valence-corrected chi connectivity index (χ1v) is 5.08. The van der Waals surface area contributed by atoms with Crippen molar-refractivity contribution in [3.63, 3.8) is 0 Å². The van der Waals surface area contributed by atoms with Crippen molar-refractivity contribution in [3.8, 4) is 0 Å². The Kier molecular flexibility index (Phi) is 3.50. The molecular formula is C10H20N2O2. The molecule has 0 aromatic carbocycles. The van der Waals surface area contributed by atoms with Gasteiger partial charge >= 0.3 is 0 Å². The van der Waals surface area contributed by atoms with E-state index in [1.807, 2.05) is 18.9 Å². The molecule has 0 spiro atoms. The summed E-state index contributed by atoms with van der Waals surface area (Å²) in [5, 5.41) is 12.8. The fourth-order valence-electron chi connectivity index (χ4n) is 1.61. The molecule has 0 saturated carbocycles. The van der Waals surface area contributed by atoms with Crippen LogP contribution in [0.25, 0.3) is 0 Å². The highest BCUT2D eigenvalue weighted by molar-refractivity contribution is 5.75. The molecule has 1 aliphatic rings. The Morgan fingerprint density at radius 1 is 1.50 bits per heavy atom. The molecule has 14 heavy (non-hydrogen) atoms. The van der Waals surface area contributed by atoms with Crippen LogP contribution in [0.2, 0.25) is 0 Å². The number of rotatable bonds is 3. The topological polar surface area (TPSA) is 43.8 Å². The van der Waals surface area contributed by atoms with Crippen molar-refractivity contribution in [3.05, 3.63) is 0 Å². The van der Waals surface area contributed by atoms with E-state index in [0.717, 1.165) is 19.5 Å². The Morgan fingerprint density at radius 2 is 2.14 bits per heavy atom. The number of hydrogen-bond acceptors (Lipinski definition) is 3. The lowest BCUT2D eigenvalue weighted by Gasteiger charge is -2.40. The van der Waals surface area contributed by atoms with Gasteiger partial charge in [0.25, 0.3) is 0 Å². The predicted molar refractivity (Wildman–Crippen MR) is 54.4 cm³/mol. The molecule has 0 aromatic rings. The average molecular weight is 200 g/mol. The van der Waals surface area contributed by atoms with E-state index >= 15 is 0 Å². The van der Waals surface area contributed by atoms with Crippen LogP contribution in [0.1, 0.15) is 26.7 Å². The first-order valence-electron chi connectivity index (χ1n) is 5.08. The van der Waals surface area contributed by atoms with E-state index in [9.17, 15) is 4.79 Å². The second kappa shape index (κ2) is 4.28. The maximum Gasteiger partial charge on any atom is 0.236 e. The Morgan fingerprint density at radius 3 is 2.71 bits per heavy atom. The number of hydrogen-bond donors (Lipinski definition) is 1. The van der Waals surface area contributed by atoms with Crippen LogP contribution < -0.4 is 0 Å². The molecule has 4 heteroatoms. The fraction of sp³-hybridized carbons (Fsp3) is 0.900. The van der Waals surface area contributed by atoms with Crippen LogP contribution in [0, 0.1) is 5.41 Å². The SMILES string of the molecule is CN1C(=O)CCCN1CC(C)(C)CO. The van der Waals surface area contributed by atoms with Crippen molar-refractivity contribution in [2.75, 3.05) is 26.7 Å². The second-order valence-corrected chi connectivity index (χ2v) is 4.73. The van der Waals surface area contributed by atoms with E-state index in [1.54, 1.807) is 12.1 Å². The lowest BCUT2D eigenvalue weighted by Crippen LogP contribution is -2.51. The third kappa shape index (κ3) is 2.69. The lowest BCUT2D eigenvalue weighted by atomic mass is 9.94. The molecule has 0 radical (unpaired) electrons. The monoisotopic (exact) mass is 200 g/mol. The van der Waals surface area contributed by atoms with Crippen LogP contribution in [0.15, 0.2) is 0 Å². The van der Waals surface area contributed by atoms with E-state index in [0.29, 0.717) is 6.42 Å². The maximum absolute atomic E-state index is 11.4. The van der Waals surface area contributed by atoms with Crippen LogP contribution in [0.4, 0.5) is 0 Å². The fourth-order valence-corrected chi connectivity index (χ4v) is 1.61. The van der Waals surface area contributed by atoms with Gasteiger partial charge in [0.2, 0.25) is 5.91 Å². The Balaban J connectivity index is 2.55. The zero-order valence-corrected chi connectivity index (χ0v) is 9.29. The van der Waals surface area contributed by atoms with Crippen molar-refractivity contribution >= 4 is 5.91 Å². The standard InChI is InChI=1S/C10H20N2O2/c1-10(2,8-13)7-12-6-4-5-9(14)11(12)3/h13H,4-8H2,1-3H3. The second-order valence-electron chi connectivity index (χ2n) is 4.73. The normalized spacial score (nSPS) is 20.3. The average Bonchev–Trinajstić information content (AvgIpc) is 2.13. The molecular weight excluding hydrogens is 180 g/mol. The van der Waals surface area contributed by atoms with Gasteiger partial charge in [0.05, 0.1) is 0 Å². The van der Waals surface area contributed by atoms with Crippen molar-refractivity contribution in [1.82, 2.24) is 10.0 Å². The summed E-state index contributed by atoms with van der Waals surface area (Å²) in [7, 11) is 1.80. The minimum Gasteiger partial charge on any atom is -0.396 e. The summed E-state index contributed by atoms with van der Waals surface area (Å²) >= 11 is 0. The van der Waals surface area contributed by atoms with E-state index in [1.165, 1.54) is 0 Å². The number of carbonyl (C=O) groups excluding carboxylic acids is 1. The predicted octanol–water partition coefficient (Wildman–Crippen LogP) is 0.474. The van der Waals surface area contributed by atoms with Crippen molar-refractivity contribution in [2.45, 2.75) is 26.7 Å². The summed E-state index contributed by atoms with van der Waals surface area (Å²) in [6.45, 7) is 5.78. The first-order chi connectivity index (χ1) is 6.46. The van der Waals surface area contributed by atoms with Gasteiger partial charge in [-0.2, -0.15) is 0 Å². The van der Waals surface area contributed by atoms with Gasteiger partial charge in [-0.05, 0) is 6.42 Å². The van der Waals surface area contributed by atoms with Crippen molar-refractivity contribution < 1.29 is 9.90 Å². The zero-order valence-electron chi connectivity index (χ0n) is 9.29. The molecule has 1 heterocycles. The highest BCUT2D eigenvalue weighted by Crippen LogP contribution is 2.19. The number of aliphatic hydroxyl groups excluding tert-OH is 1. The van der Waals surface area contributed by atoms with Crippen LogP contribution in [-0.2, 0) is 4.79 Å².